The van der Waals surface area contributed by atoms with E-state index in [1.807, 2.05) is 13.8 Å². The summed E-state index contributed by atoms with van der Waals surface area (Å²) in [5, 5.41) is 52.3. The minimum absolute atomic E-state index is 0.204. The molecule has 1 unspecified atom stereocenters. The van der Waals surface area contributed by atoms with Gasteiger partial charge in [-0.25, -0.2) is 4.57 Å². The third kappa shape index (κ3) is 7.07. The Balaban J connectivity index is 2.60. The SMILES string of the molecule is CC(=NO)C(C)(C)NCC(O)CNC(C)(C)C(CCn1ccnc1[N+](=O)[O-])=NO. The van der Waals surface area contributed by atoms with Crippen molar-refractivity contribution in [3.63, 3.8) is 0 Å². The Kier molecular flexibility index (Phi) is 8.67. The second-order valence-corrected chi connectivity index (χ2v) is 7.83. The van der Waals surface area contributed by atoms with Crippen molar-refractivity contribution < 1.29 is 20.4 Å². The summed E-state index contributed by atoms with van der Waals surface area (Å²) in [6.45, 7) is 9.59. The molecule has 0 fully saturated rings. The topological polar surface area (TPSA) is 170 Å². The molecule has 0 spiro atoms. The average Bonchev–Trinajstić information content (AvgIpc) is 3.13. The number of aliphatic hydroxyl groups excluding tert-OH is 1. The molecule has 0 aliphatic heterocycles. The van der Waals surface area contributed by atoms with Gasteiger partial charge in [0.05, 0.1) is 35.1 Å². The van der Waals surface area contributed by atoms with E-state index in [1.54, 1.807) is 20.8 Å². The normalized spacial score (nSPS) is 14.8. The molecule has 5 N–H and O–H groups in total. The maximum Gasteiger partial charge on any atom is 0.434 e. The number of rotatable bonds is 12. The number of aromatic nitrogens is 2. The number of imidazole rings is 1. The molecule has 12 heteroatoms. The molecule has 0 bridgehead atoms. The highest BCUT2D eigenvalue weighted by atomic mass is 16.6. The first-order chi connectivity index (χ1) is 13.4. The summed E-state index contributed by atoms with van der Waals surface area (Å²) in [7, 11) is 0. The number of nitrogens with zero attached hydrogens (tertiary/aromatic N) is 5. The molecule has 0 aliphatic carbocycles. The molecular formula is C17H31N7O5. The van der Waals surface area contributed by atoms with Gasteiger partial charge in [0, 0.05) is 19.5 Å². The lowest BCUT2D eigenvalue weighted by Crippen LogP contribution is -2.53. The fourth-order valence-corrected chi connectivity index (χ4v) is 2.53. The van der Waals surface area contributed by atoms with Crippen LogP contribution in [0.2, 0.25) is 0 Å². The van der Waals surface area contributed by atoms with Gasteiger partial charge in [-0.05, 0) is 39.5 Å². The van der Waals surface area contributed by atoms with E-state index in [1.165, 1.54) is 17.0 Å². The van der Waals surface area contributed by atoms with Gasteiger partial charge in [0.2, 0.25) is 0 Å². The highest BCUT2D eigenvalue weighted by Gasteiger charge is 2.28. The Morgan fingerprint density at radius 1 is 1.24 bits per heavy atom. The number of hydrogen-bond donors (Lipinski definition) is 5. The quantitative estimate of drug-likeness (QED) is 0.146. The van der Waals surface area contributed by atoms with E-state index < -0.39 is 22.1 Å². The van der Waals surface area contributed by atoms with Crippen LogP contribution in [0.1, 0.15) is 41.0 Å². The molecule has 1 aromatic rings. The van der Waals surface area contributed by atoms with Crippen LogP contribution in [0.25, 0.3) is 0 Å². The number of nitrogens with one attached hydrogen (secondary N) is 2. The van der Waals surface area contributed by atoms with E-state index in [9.17, 15) is 20.4 Å². The van der Waals surface area contributed by atoms with Gasteiger partial charge >= 0.3 is 5.95 Å². The molecular weight excluding hydrogens is 382 g/mol. The van der Waals surface area contributed by atoms with Gasteiger partial charge in [0.1, 0.15) is 12.4 Å². The third-order valence-corrected chi connectivity index (χ3v) is 4.90. The first kappa shape index (κ1) is 24.5. The zero-order valence-electron chi connectivity index (χ0n) is 17.5. The monoisotopic (exact) mass is 413 g/mol. The predicted octanol–water partition coefficient (Wildman–Crippen LogP) is 0.959. The molecule has 0 radical (unpaired) electrons. The molecule has 0 aliphatic rings. The minimum atomic E-state index is -0.761. The molecule has 12 nitrogen and oxygen atoms in total. The second kappa shape index (κ2) is 10.3. The molecule has 0 aromatic carbocycles. The van der Waals surface area contributed by atoms with Crippen molar-refractivity contribution in [2.45, 2.75) is 64.8 Å². The number of β-amino-alcohol motifs (C(OH)–C–C–N with tert-alkyl or cyclic N) is 1. The third-order valence-electron chi connectivity index (χ3n) is 4.90. The van der Waals surface area contributed by atoms with Crippen molar-refractivity contribution >= 4 is 17.4 Å². The van der Waals surface area contributed by atoms with E-state index in [0.29, 0.717) is 11.4 Å². The van der Waals surface area contributed by atoms with Crippen LogP contribution in [-0.2, 0) is 6.54 Å². The molecule has 0 saturated carbocycles. The lowest BCUT2D eigenvalue weighted by atomic mass is 9.95. The van der Waals surface area contributed by atoms with Gasteiger partial charge in [0.15, 0.2) is 0 Å². The summed E-state index contributed by atoms with van der Waals surface area (Å²) in [6, 6.07) is 0. The van der Waals surface area contributed by atoms with Gasteiger partial charge < -0.3 is 36.3 Å². The van der Waals surface area contributed by atoms with E-state index >= 15 is 0 Å². The second-order valence-electron chi connectivity index (χ2n) is 7.83. The standard InChI is InChI=1S/C17H31N7O5/c1-12(21-26)16(2,3)19-10-13(25)11-20-17(4,5)14(22-27)6-8-23-9-7-18-15(23)24(28)29/h7,9,13,19-20,25-27H,6,8,10-11H2,1-5H3. The number of oxime groups is 2. The van der Waals surface area contributed by atoms with Gasteiger partial charge in [0.25, 0.3) is 0 Å². The van der Waals surface area contributed by atoms with E-state index in [2.05, 4.69) is 25.9 Å². The van der Waals surface area contributed by atoms with Crippen molar-refractivity contribution in [3.8, 4) is 0 Å². The van der Waals surface area contributed by atoms with Crippen LogP contribution in [-0.4, -0.2) is 71.7 Å². The van der Waals surface area contributed by atoms with Gasteiger partial charge in [-0.3, -0.25) is 0 Å². The van der Waals surface area contributed by atoms with Gasteiger partial charge in [-0.15, -0.1) is 0 Å². The average molecular weight is 413 g/mol. The highest BCUT2D eigenvalue weighted by Crippen LogP contribution is 2.14. The Labute approximate surface area is 169 Å². The molecule has 1 atom stereocenters. The maximum atomic E-state index is 10.9. The minimum Gasteiger partial charge on any atom is -0.411 e. The van der Waals surface area contributed by atoms with Gasteiger partial charge in [-0.2, -0.15) is 0 Å². The molecule has 0 saturated heterocycles. The Bertz CT molecular complexity index is 742. The smallest absolute Gasteiger partial charge is 0.411 e. The Hall–Kier alpha value is -2.57. The summed E-state index contributed by atoms with van der Waals surface area (Å²) in [5.41, 5.74) is -0.475. The predicted molar refractivity (Wildman–Crippen MR) is 108 cm³/mol. The van der Waals surface area contributed by atoms with E-state index in [4.69, 9.17) is 5.21 Å². The summed E-state index contributed by atoms with van der Waals surface area (Å²) in [4.78, 5) is 14.0. The fourth-order valence-electron chi connectivity index (χ4n) is 2.53. The van der Waals surface area contributed by atoms with Crippen molar-refractivity contribution in [2.24, 2.45) is 10.3 Å². The van der Waals surface area contributed by atoms with Crippen molar-refractivity contribution in [3.05, 3.63) is 22.5 Å². The van der Waals surface area contributed by atoms with Crippen molar-refractivity contribution in [2.75, 3.05) is 13.1 Å². The lowest BCUT2D eigenvalue weighted by molar-refractivity contribution is -0.396. The fraction of sp³-hybridized carbons (Fsp3) is 0.706. The van der Waals surface area contributed by atoms with Crippen molar-refractivity contribution in [1.29, 1.82) is 0 Å². The van der Waals surface area contributed by atoms with E-state index in [0.717, 1.165) is 0 Å². The van der Waals surface area contributed by atoms with Crippen LogP contribution in [0.4, 0.5) is 5.95 Å². The Morgan fingerprint density at radius 3 is 2.34 bits per heavy atom. The lowest BCUT2D eigenvalue weighted by Gasteiger charge is -2.30. The molecule has 29 heavy (non-hydrogen) atoms. The van der Waals surface area contributed by atoms with Crippen LogP contribution in [0, 0.1) is 10.1 Å². The van der Waals surface area contributed by atoms with Gasteiger partial charge in [-0.1, -0.05) is 15.3 Å². The van der Waals surface area contributed by atoms with Crippen LogP contribution in [0.5, 0.6) is 0 Å². The Morgan fingerprint density at radius 2 is 1.83 bits per heavy atom. The number of nitro groups is 1. The molecule has 1 rings (SSSR count). The molecule has 0 amide bonds. The first-order valence-electron chi connectivity index (χ1n) is 9.18. The molecule has 1 aromatic heterocycles. The number of aryl methyl sites for hydroxylation is 1. The summed E-state index contributed by atoms with van der Waals surface area (Å²) in [6.07, 6.45) is 2.32. The molecule has 164 valence electrons. The first-order valence-corrected chi connectivity index (χ1v) is 9.18. The largest absolute Gasteiger partial charge is 0.434 e. The van der Waals surface area contributed by atoms with E-state index in [-0.39, 0.29) is 32.0 Å². The maximum absolute atomic E-state index is 10.9. The highest BCUT2D eigenvalue weighted by molar-refractivity contribution is 5.92. The van der Waals surface area contributed by atoms with Crippen LogP contribution < -0.4 is 10.6 Å². The zero-order valence-corrected chi connectivity index (χ0v) is 17.5. The summed E-state index contributed by atoms with van der Waals surface area (Å²) in [5.74, 6) is -0.279. The van der Waals surface area contributed by atoms with Crippen LogP contribution >= 0.6 is 0 Å². The number of aliphatic hydroxyl groups is 1. The molecule has 1 heterocycles. The van der Waals surface area contributed by atoms with Crippen LogP contribution in [0.3, 0.4) is 0 Å². The summed E-state index contributed by atoms with van der Waals surface area (Å²) < 4.78 is 1.37. The number of hydrogen-bond acceptors (Lipinski definition) is 10. The van der Waals surface area contributed by atoms with Crippen LogP contribution in [0.15, 0.2) is 22.7 Å². The summed E-state index contributed by atoms with van der Waals surface area (Å²) >= 11 is 0. The van der Waals surface area contributed by atoms with Crippen molar-refractivity contribution in [1.82, 2.24) is 20.2 Å². The zero-order chi connectivity index (χ0) is 22.2.